The summed E-state index contributed by atoms with van der Waals surface area (Å²) in [5.41, 5.74) is 7.19. The molecule has 2 aromatic rings. The van der Waals surface area contributed by atoms with E-state index in [4.69, 9.17) is 5.73 Å². The van der Waals surface area contributed by atoms with Crippen molar-refractivity contribution >= 4 is 43.6 Å². The smallest absolute Gasteiger partial charge is 0.124 e. The molecule has 1 unspecified atom stereocenters. The zero-order valence-corrected chi connectivity index (χ0v) is 14.6. The van der Waals surface area contributed by atoms with Gasteiger partial charge in [0.15, 0.2) is 0 Å². The van der Waals surface area contributed by atoms with Crippen LogP contribution < -0.4 is 5.73 Å². The Bertz CT molecular complexity index is 592. The second-order valence-corrected chi connectivity index (χ2v) is 7.21. The van der Waals surface area contributed by atoms with E-state index < -0.39 is 0 Å². The SMILES string of the molecule is NC(CSc1ccccc1Br)Cc1ccc(F)cc1Br. The standard InChI is InChI=1S/C15H14Br2FNS/c16-13-3-1-2-4-15(13)20-9-12(19)7-10-5-6-11(18)8-14(10)17/h1-6,8,12H,7,9,19H2. The van der Waals surface area contributed by atoms with Crippen LogP contribution in [0.1, 0.15) is 5.56 Å². The molecule has 5 heteroatoms. The number of thioether (sulfide) groups is 1. The van der Waals surface area contributed by atoms with Crippen LogP contribution in [-0.4, -0.2) is 11.8 Å². The van der Waals surface area contributed by atoms with Gasteiger partial charge >= 0.3 is 0 Å². The summed E-state index contributed by atoms with van der Waals surface area (Å²) in [6.45, 7) is 0. The van der Waals surface area contributed by atoms with Crippen molar-refractivity contribution in [3.8, 4) is 0 Å². The van der Waals surface area contributed by atoms with Crippen molar-refractivity contribution in [1.29, 1.82) is 0 Å². The predicted octanol–water partition coefficient (Wildman–Crippen LogP) is 5.01. The Morgan fingerprint density at radius 2 is 1.85 bits per heavy atom. The Balaban J connectivity index is 1.92. The van der Waals surface area contributed by atoms with Gasteiger partial charge in [0, 0.05) is 25.6 Å². The zero-order chi connectivity index (χ0) is 14.5. The van der Waals surface area contributed by atoms with E-state index in [1.165, 1.54) is 17.0 Å². The molecule has 2 N–H and O–H groups in total. The third kappa shape index (κ3) is 4.58. The van der Waals surface area contributed by atoms with Gasteiger partial charge in [-0.05, 0) is 52.2 Å². The monoisotopic (exact) mass is 417 g/mol. The van der Waals surface area contributed by atoms with Crippen molar-refractivity contribution in [3.05, 3.63) is 62.8 Å². The van der Waals surface area contributed by atoms with E-state index in [9.17, 15) is 4.39 Å². The van der Waals surface area contributed by atoms with Gasteiger partial charge in [0.1, 0.15) is 5.82 Å². The third-order valence-corrected chi connectivity index (χ3v) is 5.74. The van der Waals surface area contributed by atoms with Crippen molar-refractivity contribution in [1.82, 2.24) is 0 Å². The maximum absolute atomic E-state index is 13.0. The summed E-state index contributed by atoms with van der Waals surface area (Å²) in [7, 11) is 0. The van der Waals surface area contributed by atoms with Gasteiger partial charge in [-0.15, -0.1) is 11.8 Å². The lowest BCUT2D eigenvalue weighted by molar-refractivity contribution is 0.625. The highest BCUT2D eigenvalue weighted by Gasteiger charge is 2.09. The van der Waals surface area contributed by atoms with Gasteiger partial charge in [-0.2, -0.15) is 0 Å². The first kappa shape index (κ1) is 16.0. The molecule has 0 saturated carbocycles. The van der Waals surface area contributed by atoms with Crippen molar-refractivity contribution < 1.29 is 4.39 Å². The van der Waals surface area contributed by atoms with Gasteiger partial charge in [0.2, 0.25) is 0 Å². The Kier molecular flexibility index (Phi) is 6.08. The first-order valence-electron chi connectivity index (χ1n) is 6.13. The Morgan fingerprint density at radius 1 is 1.10 bits per heavy atom. The Morgan fingerprint density at radius 3 is 2.55 bits per heavy atom. The highest BCUT2D eigenvalue weighted by molar-refractivity contribution is 9.10. The molecule has 0 aromatic heterocycles. The van der Waals surface area contributed by atoms with E-state index in [0.717, 1.165) is 26.7 Å². The summed E-state index contributed by atoms with van der Waals surface area (Å²) in [5, 5.41) is 0. The molecule has 0 aliphatic rings. The maximum Gasteiger partial charge on any atom is 0.124 e. The quantitative estimate of drug-likeness (QED) is 0.690. The van der Waals surface area contributed by atoms with Crippen LogP contribution in [0.2, 0.25) is 0 Å². The number of nitrogens with two attached hydrogens (primary N) is 1. The van der Waals surface area contributed by atoms with Crippen LogP contribution in [0.15, 0.2) is 56.3 Å². The fourth-order valence-electron chi connectivity index (χ4n) is 1.79. The minimum absolute atomic E-state index is 0.0221. The molecule has 106 valence electrons. The van der Waals surface area contributed by atoms with Crippen LogP contribution in [0, 0.1) is 5.82 Å². The fourth-order valence-corrected chi connectivity index (χ4v) is 3.82. The van der Waals surface area contributed by atoms with Gasteiger partial charge < -0.3 is 5.73 Å². The van der Waals surface area contributed by atoms with Crippen LogP contribution >= 0.6 is 43.6 Å². The molecule has 0 fully saturated rings. The molecule has 0 saturated heterocycles. The topological polar surface area (TPSA) is 26.0 Å². The Hall–Kier alpha value is -0.360. The van der Waals surface area contributed by atoms with E-state index in [1.807, 2.05) is 18.2 Å². The number of benzene rings is 2. The van der Waals surface area contributed by atoms with Gasteiger partial charge in [0.05, 0.1) is 0 Å². The van der Waals surface area contributed by atoms with E-state index >= 15 is 0 Å². The molecule has 1 atom stereocenters. The number of hydrogen-bond acceptors (Lipinski definition) is 2. The minimum atomic E-state index is -0.239. The largest absolute Gasteiger partial charge is 0.327 e. The van der Waals surface area contributed by atoms with E-state index in [1.54, 1.807) is 17.8 Å². The first-order chi connectivity index (χ1) is 9.56. The molecule has 0 heterocycles. The van der Waals surface area contributed by atoms with Crippen molar-refractivity contribution in [2.24, 2.45) is 5.73 Å². The summed E-state index contributed by atoms with van der Waals surface area (Å²) >= 11 is 8.62. The minimum Gasteiger partial charge on any atom is -0.327 e. The highest BCUT2D eigenvalue weighted by Crippen LogP contribution is 2.28. The molecule has 1 nitrogen and oxygen atoms in total. The molecular formula is C15H14Br2FNS. The zero-order valence-electron chi connectivity index (χ0n) is 10.7. The maximum atomic E-state index is 13.0. The van der Waals surface area contributed by atoms with Crippen LogP contribution in [0.5, 0.6) is 0 Å². The number of halogens is 3. The molecule has 0 aliphatic heterocycles. The second kappa shape index (κ2) is 7.59. The molecule has 2 rings (SSSR count). The lowest BCUT2D eigenvalue weighted by Crippen LogP contribution is -2.25. The molecule has 0 aliphatic carbocycles. The summed E-state index contributed by atoms with van der Waals surface area (Å²) in [5.74, 6) is 0.573. The lowest BCUT2D eigenvalue weighted by Gasteiger charge is -2.13. The second-order valence-electron chi connectivity index (χ2n) is 4.44. The summed E-state index contributed by atoms with van der Waals surface area (Å²) < 4.78 is 14.9. The highest BCUT2D eigenvalue weighted by atomic mass is 79.9. The molecule has 0 spiro atoms. The molecule has 20 heavy (non-hydrogen) atoms. The van der Waals surface area contributed by atoms with E-state index in [2.05, 4.69) is 37.9 Å². The van der Waals surface area contributed by atoms with Crippen molar-refractivity contribution in [2.75, 3.05) is 5.75 Å². The summed E-state index contributed by atoms with van der Waals surface area (Å²) in [6.07, 6.45) is 0.721. The third-order valence-electron chi connectivity index (χ3n) is 2.79. The molecular weight excluding hydrogens is 405 g/mol. The Labute approximate surface area is 139 Å². The molecule has 0 bridgehead atoms. The van der Waals surface area contributed by atoms with Crippen LogP contribution in [-0.2, 0) is 6.42 Å². The molecule has 0 amide bonds. The van der Waals surface area contributed by atoms with Crippen molar-refractivity contribution in [2.45, 2.75) is 17.4 Å². The van der Waals surface area contributed by atoms with Crippen LogP contribution in [0.25, 0.3) is 0 Å². The first-order valence-corrected chi connectivity index (χ1v) is 8.70. The lowest BCUT2D eigenvalue weighted by atomic mass is 10.1. The summed E-state index contributed by atoms with van der Waals surface area (Å²) in [4.78, 5) is 1.18. The van der Waals surface area contributed by atoms with Crippen LogP contribution in [0.4, 0.5) is 4.39 Å². The number of rotatable bonds is 5. The van der Waals surface area contributed by atoms with Crippen molar-refractivity contribution in [3.63, 3.8) is 0 Å². The summed E-state index contributed by atoms with van der Waals surface area (Å²) in [6, 6.07) is 12.8. The molecule has 0 radical (unpaired) electrons. The van der Waals surface area contributed by atoms with Gasteiger partial charge in [0.25, 0.3) is 0 Å². The predicted molar refractivity (Wildman–Crippen MR) is 90.6 cm³/mol. The average Bonchev–Trinajstić information content (AvgIpc) is 2.41. The molecule has 2 aromatic carbocycles. The van der Waals surface area contributed by atoms with Crippen LogP contribution in [0.3, 0.4) is 0 Å². The van der Waals surface area contributed by atoms with Gasteiger partial charge in [-0.25, -0.2) is 4.39 Å². The fraction of sp³-hybridized carbons (Fsp3) is 0.200. The number of hydrogen-bond donors (Lipinski definition) is 1. The van der Waals surface area contributed by atoms with E-state index in [0.29, 0.717) is 0 Å². The van der Waals surface area contributed by atoms with Gasteiger partial charge in [-0.1, -0.05) is 34.1 Å². The van der Waals surface area contributed by atoms with E-state index in [-0.39, 0.29) is 11.9 Å². The normalized spacial score (nSPS) is 12.4. The average molecular weight is 419 g/mol. The van der Waals surface area contributed by atoms with Gasteiger partial charge in [-0.3, -0.25) is 0 Å².